The van der Waals surface area contributed by atoms with Crippen LogP contribution in [0.1, 0.15) is 72.1 Å². The van der Waals surface area contributed by atoms with E-state index in [2.05, 4.69) is 44.7 Å². The zero-order valence-electron chi connectivity index (χ0n) is 20.3. The fourth-order valence-electron chi connectivity index (χ4n) is 6.33. The largest absolute Gasteiger partial charge is 0.396 e. The van der Waals surface area contributed by atoms with Gasteiger partial charge in [-0.2, -0.15) is 0 Å². The van der Waals surface area contributed by atoms with E-state index >= 15 is 0 Å². The van der Waals surface area contributed by atoms with E-state index in [1.807, 2.05) is 0 Å². The quantitative estimate of drug-likeness (QED) is 0.291. The third-order valence-electron chi connectivity index (χ3n) is 8.01. The van der Waals surface area contributed by atoms with Gasteiger partial charge in [0.25, 0.3) is 0 Å². The monoisotopic (exact) mass is 445 g/mol. The van der Waals surface area contributed by atoms with Gasteiger partial charge in [0.1, 0.15) is 6.61 Å². The van der Waals surface area contributed by atoms with Crippen molar-refractivity contribution in [2.75, 3.05) is 19.8 Å². The van der Waals surface area contributed by atoms with E-state index in [1.54, 1.807) is 6.21 Å². The Morgan fingerprint density at radius 1 is 1.28 bits per heavy atom. The molecular weight excluding hydrogens is 402 g/mol. The third kappa shape index (κ3) is 5.92. The van der Waals surface area contributed by atoms with Crippen molar-refractivity contribution in [3.8, 4) is 0 Å². The van der Waals surface area contributed by atoms with Crippen LogP contribution < -0.4 is 0 Å². The second-order valence-electron chi connectivity index (χ2n) is 10.3. The van der Waals surface area contributed by atoms with Crippen LogP contribution in [0.4, 0.5) is 0 Å². The van der Waals surface area contributed by atoms with E-state index in [1.165, 1.54) is 31.3 Å². The zero-order chi connectivity index (χ0) is 23.1. The topological polar surface area (TPSA) is 71.3 Å². The van der Waals surface area contributed by atoms with Gasteiger partial charge in [-0.25, -0.2) is 0 Å². The summed E-state index contributed by atoms with van der Waals surface area (Å²) in [7, 11) is 0. The Kier molecular flexibility index (Phi) is 9.15. The van der Waals surface area contributed by atoms with Crippen LogP contribution >= 0.6 is 0 Å². The molecule has 0 aromatic rings. The summed E-state index contributed by atoms with van der Waals surface area (Å²) in [4.78, 5) is 5.12. The van der Waals surface area contributed by atoms with E-state index < -0.39 is 12.2 Å². The maximum Gasteiger partial charge on any atom is 0.116 e. The molecule has 3 fully saturated rings. The Hall–Kier alpha value is -1.43. The van der Waals surface area contributed by atoms with Crippen LogP contribution in [-0.2, 0) is 9.57 Å². The normalized spacial score (nSPS) is 36.7. The Bertz CT molecular complexity index is 727. The van der Waals surface area contributed by atoms with Crippen LogP contribution in [0.15, 0.2) is 40.6 Å². The summed E-state index contributed by atoms with van der Waals surface area (Å²) in [5.41, 5.74) is 3.61. The van der Waals surface area contributed by atoms with E-state index in [0.717, 1.165) is 30.6 Å². The SMILES string of the molecule is C=C1/C(=C\C=C2/CCC[C@]3(C)[C@@H]([C@H](C)COC/C=N\OCCC)CC[C@@H]23)C[C@@H](O)C[C@@H]1O. The predicted octanol–water partition coefficient (Wildman–Crippen LogP) is 5.19. The summed E-state index contributed by atoms with van der Waals surface area (Å²) in [6, 6.07) is 0. The molecule has 3 saturated carbocycles. The lowest BCUT2D eigenvalue weighted by Crippen LogP contribution is -2.37. The second-order valence-corrected chi connectivity index (χ2v) is 10.3. The molecule has 0 aliphatic heterocycles. The Morgan fingerprint density at radius 3 is 2.88 bits per heavy atom. The van der Waals surface area contributed by atoms with Gasteiger partial charge in [0, 0.05) is 13.0 Å². The fraction of sp³-hybridized carbons (Fsp3) is 0.741. The minimum absolute atomic E-state index is 0.312. The molecule has 0 saturated heterocycles. The highest BCUT2D eigenvalue weighted by Gasteiger charge is 2.50. The van der Waals surface area contributed by atoms with Crippen LogP contribution in [0.5, 0.6) is 0 Å². The Balaban J connectivity index is 1.60. The zero-order valence-corrected chi connectivity index (χ0v) is 20.3. The molecule has 32 heavy (non-hydrogen) atoms. The van der Waals surface area contributed by atoms with Gasteiger partial charge in [-0.15, -0.1) is 0 Å². The molecule has 0 bridgehead atoms. The lowest BCUT2D eigenvalue weighted by molar-refractivity contribution is 0.0455. The maximum absolute atomic E-state index is 10.1. The van der Waals surface area contributed by atoms with Gasteiger partial charge in [0.05, 0.1) is 25.0 Å². The molecule has 0 aromatic heterocycles. The number of aliphatic hydroxyl groups excluding tert-OH is 2. The summed E-state index contributed by atoms with van der Waals surface area (Å²) < 4.78 is 5.89. The van der Waals surface area contributed by atoms with Gasteiger partial charge in [0.15, 0.2) is 0 Å². The van der Waals surface area contributed by atoms with Gasteiger partial charge < -0.3 is 19.8 Å². The first-order chi connectivity index (χ1) is 15.4. The molecule has 0 aromatic carbocycles. The molecule has 0 radical (unpaired) electrons. The van der Waals surface area contributed by atoms with Gasteiger partial charge in [-0.1, -0.05) is 50.2 Å². The van der Waals surface area contributed by atoms with Gasteiger partial charge in [0.2, 0.25) is 0 Å². The second kappa shape index (κ2) is 11.6. The van der Waals surface area contributed by atoms with E-state index in [9.17, 15) is 10.2 Å². The molecule has 0 unspecified atom stereocenters. The van der Waals surface area contributed by atoms with Crippen molar-refractivity contribution in [2.24, 2.45) is 28.3 Å². The molecule has 0 heterocycles. The summed E-state index contributed by atoms with van der Waals surface area (Å²) in [5.74, 6) is 1.78. The van der Waals surface area contributed by atoms with E-state index in [-0.39, 0.29) is 0 Å². The highest BCUT2D eigenvalue weighted by molar-refractivity contribution is 5.57. The van der Waals surface area contributed by atoms with Crippen molar-refractivity contribution in [3.05, 3.63) is 35.5 Å². The van der Waals surface area contributed by atoms with Crippen LogP contribution in [-0.4, -0.2) is 48.5 Å². The molecule has 5 nitrogen and oxygen atoms in total. The first-order valence-electron chi connectivity index (χ1n) is 12.5. The van der Waals surface area contributed by atoms with E-state index in [4.69, 9.17) is 9.57 Å². The molecular formula is C27H43NO4. The lowest BCUT2D eigenvalue weighted by Gasteiger charge is -2.44. The number of hydrogen-bond acceptors (Lipinski definition) is 5. The Morgan fingerprint density at radius 2 is 2.09 bits per heavy atom. The highest BCUT2D eigenvalue weighted by Crippen LogP contribution is 2.59. The van der Waals surface area contributed by atoms with E-state index in [0.29, 0.717) is 49.2 Å². The molecule has 0 spiro atoms. The molecule has 6 atom stereocenters. The minimum atomic E-state index is -0.625. The highest BCUT2D eigenvalue weighted by atomic mass is 16.6. The summed E-state index contributed by atoms with van der Waals surface area (Å²) in [6.45, 7) is 12.8. The van der Waals surface area contributed by atoms with Crippen molar-refractivity contribution in [3.63, 3.8) is 0 Å². The smallest absolute Gasteiger partial charge is 0.116 e. The average molecular weight is 446 g/mol. The first-order valence-corrected chi connectivity index (χ1v) is 12.5. The van der Waals surface area contributed by atoms with Gasteiger partial charge in [-0.3, -0.25) is 0 Å². The molecule has 180 valence electrons. The van der Waals surface area contributed by atoms with Crippen molar-refractivity contribution >= 4 is 6.21 Å². The van der Waals surface area contributed by atoms with Crippen molar-refractivity contribution in [2.45, 2.75) is 84.3 Å². The molecule has 3 rings (SSSR count). The molecule has 3 aliphatic rings. The predicted molar refractivity (Wildman–Crippen MR) is 129 cm³/mol. The minimum Gasteiger partial charge on any atom is -0.396 e. The number of hydrogen-bond donors (Lipinski definition) is 2. The fourth-order valence-corrected chi connectivity index (χ4v) is 6.33. The van der Waals surface area contributed by atoms with Crippen LogP contribution in [0, 0.1) is 23.2 Å². The number of oxime groups is 1. The van der Waals surface area contributed by atoms with Crippen LogP contribution in [0.2, 0.25) is 0 Å². The molecule has 0 amide bonds. The van der Waals surface area contributed by atoms with Crippen molar-refractivity contribution in [1.82, 2.24) is 0 Å². The summed E-state index contributed by atoms with van der Waals surface area (Å²) >= 11 is 0. The maximum atomic E-state index is 10.1. The third-order valence-corrected chi connectivity index (χ3v) is 8.01. The summed E-state index contributed by atoms with van der Waals surface area (Å²) in [5, 5.41) is 24.1. The number of nitrogens with zero attached hydrogens (tertiary/aromatic N) is 1. The first kappa shape index (κ1) is 25.2. The van der Waals surface area contributed by atoms with Crippen LogP contribution in [0.25, 0.3) is 0 Å². The van der Waals surface area contributed by atoms with Crippen molar-refractivity contribution < 1.29 is 19.8 Å². The number of rotatable bonds is 9. The number of aliphatic hydroxyl groups is 2. The molecule has 3 aliphatic carbocycles. The standard InChI is InChI=1S/C27H43NO4/c1-5-14-32-28-13-15-31-18-19(2)24-10-11-25-21(7-6-12-27(24,25)4)8-9-22-16-23(29)17-26(30)20(22)3/h8-9,13,19,23-26,29-30H,3,5-7,10-12,14-18H2,1-2,4H3/b21-8+,22-9-,28-13-/t19-,23-,24-,25+,26+,27-/m1/s1. The number of allylic oxidation sites excluding steroid dienone is 3. The number of fused-ring (bicyclic) bond motifs is 1. The molecule has 5 heteroatoms. The number of ether oxygens (including phenoxy) is 1. The van der Waals surface area contributed by atoms with Crippen molar-refractivity contribution in [1.29, 1.82) is 0 Å². The lowest BCUT2D eigenvalue weighted by atomic mass is 9.61. The van der Waals surface area contributed by atoms with Gasteiger partial charge in [-0.05, 0) is 79.3 Å². The Labute approximate surface area is 194 Å². The van der Waals surface area contributed by atoms with Gasteiger partial charge >= 0.3 is 0 Å². The average Bonchev–Trinajstić information content (AvgIpc) is 3.12. The molecule has 2 N–H and O–H groups in total. The summed E-state index contributed by atoms with van der Waals surface area (Å²) in [6.07, 6.45) is 13.1. The van der Waals surface area contributed by atoms with Crippen LogP contribution in [0.3, 0.4) is 0 Å².